The van der Waals surface area contributed by atoms with Gasteiger partial charge < -0.3 is 19.4 Å². The van der Waals surface area contributed by atoms with Gasteiger partial charge in [0, 0.05) is 23.5 Å². The van der Waals surface area contributed by atoms with E-state index in [1.807, 2.05) is 50.4 Å². The lowest BCUT2D eigenvalue weighted by molar-refractivity contribution is -0.117. The maximum Gasteiger partial charge on any atom is 0.228 e. The number of aromatic nitrogens is 1. The number of carbonyl (C=O) groups excluding carboxylic acids is 1. The number of para-hydroxylation sites is 1. The summed E-state index contributed by atoms with van der Waals surface area (Å²) in [4.78, 5) is 12.0. The smallest absolute Gasteiger partial charge is 0.228 e. The van der Waals surface area contributed by atoms with E-state index in [4.69, 9.17) is 9.47 Å². The predicted octanol–water partition coefficient (Wildman–Crippen LogP) is 3.96. The monoisotopic (exact) mass is 336 g/mol. The number of benzene rings is 2. The van der Waals surface area contributed by atoms with Gasteiger partial charge in [0.15, 0.2) is 5.75 Å². The molecular formula is C20H20N2O3. The number of ether oxygens (including phenoxy) is 2. The van der Waals surface area contributed by atoms with Crippen molar-refractivity contribution < 1.29 is 14.3 Å². The van der Waals surface area contributed by atoms with Gasteiger partial charge in [-0.05, 0) is 43.3 Å². The van der Waals surface area contributed by atoms with Gasteiger partial charge in [0.05, 0.1) is 24.9 Å². The van der Waals surface area contributed by atoms with Crippen LogP contribution in [0.3, 0.4) is 0 Å². The summed E-state index contributed by atoms with van der Waals surface area (Å²) in [5.74, 6) is 1.53. The van der Waals surface area contributed by atoms with Crippen LogP contribution in [-0.2, 0) is 11.8 Å². The number of aryl methyl sites for hydroxylation is 1. The van der Waals surface area contributed by atoms with Crippen LogP contribution in [0, 0.1) is 0 Å². The number of amides is 1. The van der Waals surface area contributed by atoms with Crippen LogP contribution in [0.25, 0.3) is 22.2 Å². The second kappa shape index (κ2) is 5.84. The van der Waals surface area contributed by atoms with Crippen LogP contribution in [0.1, 0.15) is 13.3 Å². The maximum atomic E-state index is 12.0. The molecule has 1 amide bonds. The fourth-order valence-corrected chi connectivity index (χ4v) is 3.38. The van der Waals surface area contributed by atoms with Gasteiger partial charge in [-0.1, -0.05) is 6.07 Å². The number of fused-ring (bicyclic) bond motifs is 2. The first-order valence-corrected chi connectivity index (χ1v) is 8.30. The Morgan fingerprint density at radius 1 is 1.24 bits per heavy atom. The Balaban J connectivity index is 1.91. The van der Waals surface area contributed by atoms with E-state index >= 15 is 0 Å². The van der Waals surface area contributed by atoms with Gasteiger partial charge in [-0.25, -0.2) is 0 Å². The van der Waals surface area contributed by atoms with Gasteiger partial charge >= 0.3 is 0 Å². The molecule has 0 saturated carbocycles. The van der Waals surface area contributed by atoms with Crippen molar-refractivity contribution in [1.29, 1.82) is 0 Å². The highest BCUT2D eigenvalue weighted by atomic mass is 16.5. The zero-order chi connectivity index (χ0) is 17.6. The van der Waals surface area contributed by atoms with E-state index in [0.29, 0.717) is 6.42 Å². The number of nitrogens with one attached hydrogen (secondary N) is 1. The summed E-state index contributed by atoms with van der Waals surface area (Å²) in [6, 6.07) is 14.0. The molecule has 1 atom stereocenters. The molecule has 0 saturated heterocycles. The Morgan fingerprint density at radius 2 is 2.08 bits per heavy atom. The standard InChI is InChI=1S/C20H20N2O3/c1-12-9-19(23)21-16-6-4-5-15(20(16)25-12)18-11-13-10-14(24-3)7-8-17(13)22(18)2/h4-8,10-12H,9H2,1-3H3,(H,21,23)/t12-/m1/s1. The van der Waals surface area contributed by atoms with Crippen LogP contribution in [-0.4, -0.2) is 23.7 Å². The van der Waals surface area contributed by atoms with E-state index in [0.717, 1.165) is 39.3 Å². The largest absolute Gasteiger partial charge is 0.497 e. The fourth-order valence-electron chi connectivity index (χ4n) is 3.38. The van der Waals surface area contributed by atoms with E-state index < -0.39 is 0 Å². The third-order valence-corrected chi connectivity index (χ3v) is 4.61. The molecule has 25 heavy (non-hydrogen) atoms. The quantitative estimate of drug-likeness (QED) is 0.770. The number of methoxy groups -OCH3 is 1. The highest BCUT2D eigenvalue weighted by Crippen LogP contribution is 2.41. The van der Waals surface area contributed by atoms with Crippen molar-refractivity contribution in [2.45, 2.75) is 19.4 Å². The minimum Gasteiger partial charge on any atom is -0.497 e. The number of nitrogens with zero attached hydrogens (tertiary/aromatic N) is 1. The van der Waals surface area contributed by atoms with Crippen LogP contribution in [0.15, 0.2) is 42.5 Å². The second-order valence-electron chi connectivity index (χ2n) is 6.38. The molecule has 1 aliphatic rings. The topological polar surface area (TPSA) is 52.5 Å². The van der Waals surface area contributed by atoms with Crippen molar-refractivity contribution in [1.82, 2.24) is 4.57 Å². The summed E-state index contributed by atoms with van der Waals surface area (Å²) in [6.45, 7) is 1.91. The van der Waals surface area contributed by atoms with Crippen molar-refractivity contribution in [2.75, 3.05) is 12.4 Å². The molecular weight excluding hydrogens is 316 g/mol. The van der Waals surface area contributed by atoms with E-state index in [9.17, 15) is 4.79 Å². The Labute approximate surface area is 146 Å². The molecule has 0 bridgehead atoms. The van der Waals surface area contributed by atoms with Crippen molar-refractivity contribution in [3.05, 3.63) is 42.5 Å². The molecule has 0 aliphatic carbocycles. The minimum absolute atomic E-state index is 0.0230. The number of anilines is 1. The summed E-state index contributed by atoms with van der Waals surface area (Å²) in [5, 5.41) is 4.04. The molecule has 0 spiro atoms. The van der Waals surface area contributed by atoms with Crippen molar-refractivity contribution in [3.8, 4) is 22.8 Å². The summed E-state index contributed by atoms with van der Waals surface area (Å²) < 4.78 is 13.5. The first-order valence-electron chi connectivity index (χ1n) is 8.30. The minimum atomic E-state index is -0.169. The Morgan fingerprint density at radius 3 is 2.88 bits per heavy atom. The summed E-state index contributed by atoms with van der Waals surface area (Å²) in [6.07, 6.45) is 0.178. The Hall–Kier alpha value is -2.95. The third-order valence-electron chi connectivity index (χ3n) is 4.61. The fraction of sp³-hybridized carbons (Fsp3) is 0.250. The molecule has 0 radical (unpaired) electrons. The van der Waals surface area contributed by atoms with Gasteiger partial charge in [0.2, 0.25) is 5.91 Å². The van der Waals surface area contributed by atoms with Crippen LogP contribution in [0.5, 0.6) is 11.5 Å². The average Bonchev–Trinajstić information content (AvgIpc) is 2.83. The average molecular weight is 336 g/mol. The summed E-state index contributed by atoms with van der Waals surface area (Å²) in [5.41, 5.74) is 3.82. The van der Waals surface area contributed by atoms with Crippen LogP contribution >= 0.6 is 0 Å². The molecule has 1 N–H and O–H groups in total. The van der Waals surface area contributed by atoms with E-state index in [2.05, 4.69) is 16.0 Å². The predicted molar refractivity (Wildman–Crippen MR) is 98.2 cm³/mol. The molecule has 5 heteroatoms. The first-order chi connectivity index (χ1) is 12.1. The molecule has 4 rings (SSSR count). The maximum absolute atomic E-state index is 12.0. The molecule has 2 heterocycles. The molecule has 128 valence electrons. The van der Waals surface area contributed by atoms with Crippen LogP contribution < -0.4 is 14.8 Å². The van der Waals surface area contributed by atoms with Gasteiger partial charge in [0.25, 0.3) is 0 Å². The van der Waals surface area contributed by atoms with E-state index in [1.54, 1.807) is 7.11 Å². The van der Waals surface area contributed by atoms with E-state index in [1.165, 1.54) is 0 Å². The van der Waals surface area contributed by atoms with Crippen molar-refractivity contribution >= 4 is 22.5 Å². The third kappa shape index (κ3) is 2.61. The number of carbonyl (C=O) groups is 1. The number of hydrogen-bond donors (Lipinski definition) is 1. The molecule has 3 aromatic rings. The molecule has 1 aromatic heterocycles. The van der Waals surface area contributed by atoms with Gasteiger partial charge in [0.1, 0.15) is 11.9 Å². The lowest BCUT2D eigenvalue weighted by atomic mass is 10.1. The molecule has 5 nitrogen and oxygen atoms in total. The highest BCUT2D eigenvalue weighted by Gasteiger charge is 2.23. The molecule has 0 fully saturated rings. The molecule has 2 aromatic carbocycles. The summed E-state index contributed by atoms with van der Waals surface area (Å²) >= 11 is 0. The van der Waals surface area contributed by atoms with Gasteiger partial charge in [-0.2, -0.15) is 0 Å². The molecule has 0 unspecified atom stereocenters. The zero-order valence-corrected chi connectivity index (χ0v) is 14.5. The lowest BCUT2D eigenvalue weighted by Gasteiger charge is -2.16. The van der Waals surface area contributed by atoms with Crippen molar-refractivity contribution in [3.63, 3.8) is 0 Å². The zero-order valence-electron chi connectivity index (χ0n) is 14.5. The lowest BCUT2D eigenvalue weighted by Crippen LogP contribution is -2.17. The van der Waals surface area contributed by atoms with Crippen LogP contribution in [0.2, 0.25) is 0 Å². The Bertz CT molecular complexity index is 974. The van der Waals surface area contributed by atoms with Gasteiger partial charge in [-0.15, -0.1) is 0 Å². The first kappa shape index (κ1) is 15.6. The van der Waals surface area contributed by atoms with E-state index in [-0.39, 0.29) is 12.0 Å². The normalized spacial score (nSPS) is 16.8. The molecule has 1 aliphatic heterocycles. The second-order valence-corrected chi connectivity index (χ2v) is 6.38. The number of hydrogen-bond acceptors (Lipinski definition) is 3. The van der Waals surface area contributed by atoms with Gasteiger partial charge in [-0.3, -0.25) is 4.79 Å². The number of rotatable bonds is 2. The SMILES string of the molecule is COc1ccc2c(c1)cc(-c1cccc3c1O[C@H](C)CC(=O)N3)n2C. The summed E-state index contributed by atoms with van der Waals surface area (Å²) in [7, 11) is 3.70. The Kier molecular flexibility index (Phi) is 3.64. The highest BCUT2D eigenvalue weighted by molar-refractivity contribution is 5.96. The van der Waals surface area contributed by atoms with Crippen molar-refractivity contribution in [2.24, 2.45) is 7.05 Å². The van der Waals surface area contributed by atoms with Crippen LogP contribution in [0.4, 0.5) is 5.69 Å².